The van der Waals surface area contributed by atoms with E-state index in [1.165, 1.54) is 5.56 Å². The van der Waals surface area contributed by atoms with Crippen molar-refractivity contribution in [2.24, 2.45) is 0 Å². The molecule has 2 rings (SSSR count). The fraction of sp³-hybridized carbons (Fsp3) is 0.364. The number of nitrogen functional groups attached to an aromatic ring is 1. The van der Waals surface area contributed by atoms with Crippen LogP contribution in [0.15, 0.2) is 48.5 Å². The number of hydrogen-bond acceptors (Lipinski definition) is 3. The molecular formula is C22H29N3O2. The highest BCUT2D eigenvalue weighted by molar-refractivity contribution is 5.94. The lowest BCUT2D eigenvalue weighted by atomic mass is 10.1. The zero-order chi connectivity index (χ0) is 19.6. The predicted molar refractivity (Wildman–Crippen MR) is 109 cm³/mol. The van der Waals surface area contributed by atoms with Crippen LogP contribution in [0.2, 0.25) is 0 Å². The van der Waals surface area contributed by atoms with E-state index in [0.717, 1.165) is 24.8 Å². The first-order valence-corrected chi connectivity index (χ1v) is 9.45. The van der Waals surface area contributed by atoms with Gasteiger partial charge < -0.3 is 16.0 Å². The topological polar surface area (TPSA) is 75.4 Å². The minimum atomic E-state index is -0.0324. The van der Waals surface area contributed by atoms with E-state index in [1.807, 2.05) is 0 Å². The van der Waals surface area contributed by atoms with Gasteiger partial charge in [0, 0.05) is 37.8 Å². The zero-order valence-corrected chi connectivity index (χ0v) is 16.2. The molecule has 0 aromatic heterocycles. The lowest BCUT2D eigenvalue weighted by Crippen LogP contribution is -2.28. The van der Waals surface area contributed by atoms with Crippen LogP contribution in [0.25, 0.3) is 0 Å². The molecule has 0 heterocycles. The second-order valence-corrected chi connectivity index (χ2v) is 6.75. The summed E-state index contributed by atoms with van der Waals surface area (Å²) in [6, 6.07) is 15.2. The van der Waals surface area contributed by atoms with Crippen LogP contribution in [0.5, 0.6) is 0 Å². The fourth-order valence-corrected chi connectivity index (χ4v) is 2.76. The quantitative estimate of drug-likeness (QED) is 0.527. The fourth-order valence-electron chi connectivity index (χ4n) is 2.76. The Bertz CT molecular complexity index is 739. The van der Waals surface area contributed by atoms with Gasteiger partial charge in [0.1, 0.15) is 0 Å². The lowest BCUT2D eigenvalue weighted by Gasteiger charge is -2.17. The molecule has 3 N–H and O–H groups in total. The van der Waals surface area contributed by atoms with E-state index in [-0.39, 0.29) is 11.8 Å². The summed E-state index contributed by atoms with van der Waals surface area (Å²) >= 11 is 0. The molecule has 0 aliphatic carbocycles. The third kappa shape index (κ3) is 6.77. The van der Waals surface area contributed by atoms with Crippen LogP contribution in [0.3, 0.4) is 0 Å². The number of amides is 2. The number of anilines is 1. The Labute approximate surface area is 161 Å². The monoisotopic (exact) mass is 367 g/mol. The van der Waals surface area contributed by atoms with Gasteiger partial charge >= 0.3 is 0 Å². The van der Waals surface area contributed by atoms with Gasteiger partial charge in [-0.3, -0.25) is 9.59 Å². The maximum absolute atomic E-state index is 12.3. The first-order valence-electron chi connectivity index (χ1n) is 9.45. The predicted octanol–water partition coefficient (Wildman–Crippen LogP) is 3.39. The van der Waals surface area contributed by atoms with Crippen molar-refractivity contribution in [2.75, 3.05) is 19.3 Å². The van der Waals surface area contributed by atoms with Crippen molar-refractivity contribution in [3.05, 3.63) is 65.2 Å². The summed E-state index contributed by atoms with van der Waals surface area (Å²) in [6.07, 6.45) is 3.02. The molecule has 144 valence electrons. The van der Waals surface area contributed by atoms with E-state index < -0.39 is 0 Å². The molecule has 0 aliphatic rings. The first kappa shape index (κ1) is 20.5. The van der Waals surface area contributed by atoms with Crippen LogP contribution in [0, 0.1) is 0 Å². The average Bonchev–Trinajstić information content (AvgIpc) is 2.70. The van der Waals surface area contributed by atoms with E-state index in [1.54, 1.807) is 36.2 Å². The number of benzene rings is 2. The maximum atomic E-state index is 12.3. The van der Waals surface area contributed by atoms with Gasteiger partial charge in [0.25, 0.3) is 5.91 Å². The molecule has 0 saturated heterocycles. The van der Waals surface area contributed by atoms with Crippen molar-refractivity contribution in [2.45, 2.75) is 39.2 Å². The van der Waals surface area contributed by atoms with Crippen LogP contribution in [0.4, 0.5) is 5.69 Å². The Morgan fingerprint density at radius 1 is 0.963 bits per heavy atom. The van der Waals surface area contributed by atoms with Gasteiger partial charge in [-0.2, -0.15) is 0 Å². The summed E-state index contributed by atoms with van der Waals surface area (Å²) in [4.78, 5) is 25.9. The van der Waals surface area contributed by atoms with Crippen LogP contribution in [-0.2, 0) is 17.8 Å². The SMILES string of the molecule is CCc1ccc(CNC(=O)CCCCN(C)C(=O)c2ccc(N)cc2)cc1. The Morgan fingerprint density at radius 3 is 2.22 bits per heavy atom. The van der Waals surface area contributed by atoms with Crippen LogP contribution in [-0.4, -0.2) is 30.3 Å². The van der Waals surface area contributed by atoms with Gasteiger partial charge in [0.05, 0.1) is 0 Å². The van der Waals surface area contributed by atoms with Crippen molar-refractivity contribution >= 4 is 17.5 Å². The molecule has 5 nitrogen and oxygen atoms in total. The zero-order valence-electron chi connectivity index (χ0n) is 16.2. The van der Waals surface area contributed by atoms with Crippen molar-refractivity contribution in [1.82, 2.24) is 10.2 Å². The normalized spacial score (nSPS) is 10.4. The standard InChI is InChI=1S/C22H29N3O2/c1-3-17-7-9-18(10-8-17)16-24-21(26)6-4-5-15-25(2)22(27)19-11-13-20(23)14-12-19/h7-14H,3-6,15-16,23H2,1-2H3,(H,24,26). The number of aryl methyl sites for hydroxylation is 1. The highest BCUT2D eigenvalue weighted by Gasteiger charge is 2.11. The molecule has 0 aliphatic heterocycles. The van der Waals surface area contributed by atoms with E-state index in [9.17, 15) is 9.59 Å². The van der Waals surface area contributed by atoms with Crippen molar-refractivity contribution in [1.29, 1.82) is 0 Å². The molecule has 0 atom stereocenters. The molecule has 2 amide bonds. The maximum Gasteiger partial charge on any atom is 0.253 e. The van der Waals surface area contributed by atoms with Gasteiger partial charge in [0.15, 0.2) is 0 Å². The van der Waals surface area contributed by atoms with E-state index >= 15 is 0 Å². The van der Waals surface area contributed by atoms with Crippen molar-refractivity contribution < 1.29 is 9.59 Å². The van der Waals surface area contributed by atoms with Gasteiger partial charge in [0.2, 0.25) is 5.91 Å². The molecule has 0 spiro atoms. The summed E-state index contributed by atoms with van der Waals surface area (Å²) in [5, 5.41) is 2.95. The van der Waals surface area contributed by atoms with Crippen LogP contribution < -0.4 is 11.1 Å². The average molecular weight is 367 g/mol. The summed E-state index contributed by atoms with van der Waals surface area (Å²) < 4.78 is 0. The largest absolute Gasteiger partial charge is 0.399 e. The smallest absolute Gasteiger partial charge is 0.253 e. The van der Waals surface area contributed by atoms with Gasteiger partial charge in [-0.1, -0.05) is 31.2 Å². The molecule has 0 saturated carbocycles. The van der Waals surface area contributed by atoms with E-state index in [4.69, 9.17) is 5.73 Å². The van der Waals surface area contributed by atoms with Crippen LogP contribution in [0.1, 0.15) is 47.7 Å². The van der Waals surface area contributed by atoms with Gasteiger partial charge in [-0.05, 0) is 54.7 Å². The molecule has 2 aromatic rings. The second kappa shape index (κ2) is 10.4. The molecule has 5 heteroatoms. The van der Waals surface area contributed by atoms with Gasteiger partial charge in [-0.15, -0.1) is 0 Å². The Balaban J connectivity index is 1.64. The number of nitrogens with two attached hydrogens (primary N) is 1. The molecule has 27 heavy (non-hydrogen) atoms. The third-order valence-electron chi connectivity index (χ3n) is 4.57. The second-order valence-electron chi connectivity index (χ2n) is 6.75. The molecule has 0 fully saturated rings. The highest BCUT2D eigenvalue weighted by atomic mass is 16.2. The van der Waals surface area contributed by atoms with Crippen molar-refractivity contribution in [3.8, 4) is 0 Å². The Hall–Kier alpha value is -2.82. The Morgan fingerprint density at radius 2 is 1.59 bits per heavy atom. The number of carbonyl (C=O) groups excluding carboxylic acids is 2. The highest BCUT2D eigenvalue weighted by Crippen LogP contribution is 2.09. The molecule has 0 unspecified atom stereocenters. The van der Waals surface area contributed by atoms with Crippen LogP contribution >= 0.6 is 0 Å². The molecular weight excluding hydrogens is 338 g/mol. The number of nitrogens with one attached hydrogen (secondary N) is 1. The summed E-state index contributed by atoms with van der Waals surface area (Å²) in [5.41, 5.74) is 9.31. The van der Waals surface area contributed by atoms with E-state index in [2.05, 4.69) is 36.5 Å². The summed E-state index contributed by atoms with van der Waals surface area (Å²) in [7, 11) is 1.78. The molecule has 0 bridgehead atoms. The van der Waals surface area contributed by atoms with E-state index in [0.29, 0.717) is 30.8 Å². The van der Waals surface area contributed by atoms with Gasteiger partial charge in [-0.25, -0.2) is 0 Å². The summed E-state index contributed by atoms with van der Waals surface area (Å²) in [5.74, 6) is 0.0112. The minimum absolute atomic E-state index is 0.0324. The van der Waals surface area contributed by atoms with Crippen molar-refractivity contribution in [3.63, 3.8) is 0 Å². The molecule has 0 radical (unpaired) electrons. The number of hydrogen-bond donors (Lipinski definition) is 2. The molecule has 2 aromatic carbocycles. The minimum Gasteiger partial charge on any atom is -0.399 e. The number of carbonyl (C=O) groups is 2. The lowest BCUT2D eigenvalue weighted by molar-refractivity contribution is -0.121. The summed E-state index contributed by atoms with van der Waals surface area (Å²) in [6.45, 7) is 3.30. The number of nitrogens with zero attached hydrogens (tertiary/aromatic N) is 1. The number of rotatable bonds is 9. The number of unbranched alkanes of at least 4 members (excludes halogenated alkanes) is 1. The Kier molecular flexibility index (Phi) is 7.86. The first-order chi connectivity index (χ1) is 13.0. The third-order valence-corrected chi connectivity index (χ3v) is 4.57.